The average Bonchev–Trinajstić information content (AvgIpc) is 3.00. The monoisotopic (exact) mass is 436 g/mol. The van der Waals surface area contributed by atoms with Crippen molar-refractivity contribution in [3.63, 3.8) is 0 Å². The smallest absolute Gasteiger partial charge is 0.469 e. The third-order valence-electron chi connectivity index (χ3n) is 3.78. The first-order valence-corrected chi connectivity index (χ1v) is 9.31. The molecule has 13 heteroatoms. The van der Waals surface area contributed by atoms with Crippen molar-refractivity contribution in [2.75, 3.05) is 20.2 Å². The molecule has 0 fully saturated rings. The summed E-state index contributed by atoms with van der Waals surface area (Å²) in [5.74, 6) is -2.72. The molecule has 0 atom stereocenters. The van der Waals surface area contributed by atoms with Gasteiger partial charge in [0.05, 0.1) is 26.6 Å². The van der Waals surface area contributed by atoms with E-state index in [0.29, 0.717) is 22.7 Å². The van der Waals surface area contributed by atoms with Crippen LogP contribution in [0.25, 0.3) is 0 Å². The largest absolute Gasteiger partial charge is 0.492 e. The molecule has 0 spiro atoms. The van der Waals surface area contributed by atoms with Crippen LogP contribution in [-0.2, 0) is 36.9 Å². The number of halogens is 3. The van der Waals surface area contributed by atoms with Gasteiger partial charge < -0.3 is 9.57 Å². The summed E-state index contributed by atoms with van der Waals surface area (Å²) in [5.41, 5.74) is 1.10. The number of ether oxygens (including phenoxy) is 1. The Bertz CT molecular complexity index is 809. The Morgan fingerprint density at radius 1 is 1.31 bits per heavy atom. The number of thioether (sulfide) groups is 1. The number of hydroxylamine groups is 2. The molecule has 0 amide bonds. The average molecular weight is 436 g/mol. The lowest BCUT2D eigenvalue weighted by Crippen LogP contribution is -2.38. The topological polar surface area (TPSA) is 104 Å². The van der Waals surface area contributed by atoms with Gasteiger partial charge in [0.25, 0.3) is 0 Å². The van der Waals surface area contributed by atoms with Crippen LogP contribution < -0.4 is 0 Å². The number of methoxy groups -OCH3 is 1. The molecule has 0 unspecified atom stereocenters. The molecule has 0 bridgehead atoms. The van der Waals surface area contributed by atoms with Crippen molar-refractivity contribution in [2.24, 2.45) is 0 Å². The van der Waals surface area contributed by atoms with E-state index >= 15 is 0 Å². The van der Waals surface area contributed by atoms with Gasteiger partial charge >= 0.3 is 18.1 Å². The highest BCUT2D eigenvalue weighted by Gasteiger charge is 2.42. The van der Waals surface area contributed by atoms with Gasteiger partial charge in [0.15, 0.2) is 5.12 Å². The SMILES string of the molecule is COC(=O)CCn1nnc(CC2=CCCN(OC(=O)C(F)(F)F)C2)c1SC(C)=O. The number of carbonyl (C=O) groups is 3. The number of nitrogens with zero attached hydrogens (tertiary/aromatic N) is 4. The van der Waals surface area contributed by atoms with E-state index in [1.54, 1.807) is 0 Å². The summed E-state index contributed by atoms with van der Waals surface area (Å²) in [4.78, 5) is 38.3. The van der Waals surface area contributed by atoms with Crippen LogP contribution in [0.1, 0.15) is 25.5 Å². The maximum Gasteiger partial charge on any atom is 0.492 e. The molecule has 1 aliphatic heterocycles. The van der Waals surface area contributed by atoms with Gasteiger partial charge in [0.1, 0.15) is 10.7 Å². The molecule has 1 aliphatic rings. The Hall–Kier alpha value is -2.41. The summed E-state index contributed by atoms with van der Waals surface area (Å²) < 4.78 is 43.1. The maximum atomic E-state index is 12.4. The molecule has 0 N–H and O–H groups in total. The number of alkyl halides is 3. The Morgan fingerprint density at radius 3 is 2.66 bits per heavy atom. The van der Waals surface area contributed by atoms with Crippen molar-refractivity contribution in [3.05, 3.63) is 17.3 Å². The van der Waals surface area contributed by atoms with Crippen molar-refractivity contribution < 1.29 is 37.1 Å². The Labute approximate surface area is 168 Å². The zero-order chi connectivity index (χ0) is 21.6. The number of esters is 1. The summed E-state index contributed by atoms with van der Waals surface area (Å²) in [6, 6.07) is 0. The summed E-state index contributed by atoms with van der Waals surface area (Å²) in [6.45, 7) is 1.63. The van der Waals surface area contributed by atoms with E-state index < -0.39 is 18.1 Å². The molecule has 0 radical (unpaired) electrons. The Kier molecular flexibility index (Phi) is 7.79. The molecule has 1 aromatic heterocycles. The Balaban J connectivity index is 2.09. The fraction of sp³-hybridized carbons (Fsp3) is 0.562. The number of hydrogen-bond donors (Lipinski definition) is 0. The van der Waals surface area contributed by atoms with Crippen LogP contribution in [0, 0.1) is 0 Å². The minimum atomic E-state index is -5.07. The second kappa shape index (κ2) is 9.87. The van der Waals surface area contributed by atoms with Crippen LogP contribution in [-0.4, -0.2) is 63.5 Å². The van der Waals surface area contributed by atoms with Crippen LogP contribution >= 0.6 is 11.8 Å². The van der Waals surface area contributed by atoms with Gasteiger partial charge in [-0.15, -0.1) is 10.2 Å². The van der Waals surface area contributed by atoms with E-state index in [1.807, 2.05) is 6.08 Å². The van der Waals surface area contributed by atoms with Gasteiger partial charge in [0.2, 0.25) is 0 Å². The quantitative estimate of drug-likeness (QED) is 0.359. The highest BCUT2D eigenvalue weighted by Crippen LogP contribution is 2.26. The number of rotatable bonds is 7. The predicted octanol–water partition coefficient (Wildman–Crippen LogP) is 1.67. The molecule has 2 rings (SSSR count). The molecule has 0 aromatic carbocycles. The molecule has 160 valence electrons. The van der Waals surface area contributed by atoms with Crippen LogP contribution in [0.3, 0.4) is 0 Å². The standard InChI is InChI=1S/C16H19F3N4O5S/c1-10(24)29-14-12(20-21-23(14)7-5-13(25)27-2)8-11-4-3-6-22(9-11)28-15(26)16(17,18)19/h4H,3,5-9H2,1-2H3. The van der Waals surface area contributed by atoms with Crippen molar-refractivity contribution in [2.45, 2.75) is 43.9 Å². The van der Waals surface area contributed by atoms with Crippen LogP contribution in [0.2, 0.25) is 0 Å². The van der Waals surface area contributed by atoms with Crippen molar-refractivity contribution in [3.8, 4) is 0 Å². The van der Waals surface area contributed by atoms with Gasteiger partial charge in [0, 0.05) is 19.9 Å². The third kappa shape index (κ3) is 6.85. The van der Waals surface area contributed by atoms with E-state index in [0.717, 1.165) is 16.8 Å². The molecule has 1 aromatic rings. The molecule has 0 saturated heterocycles. The van der Waals surface area contributed by atoms with E-state index in [2.05, 4.69) is 19.9 Å². The van der Waals surface area contributed by atoms with Crippen LogP contribution in [0.5, 0.6) is 0 Å². The summed E-state index contributed by atoms with van der Waals surface area (Å²) >= 11 is 0.893. The zero-order valence-corrected chi connectivity index (χ0v) is 16.5. The number of aryl methyl sites for hydroxylation is 1. The van der Waals surface area contributed by atoms with Gasteiger partial charge in [-0.25, -0.2) is 9.48 Å². The second-order valence-electron chi connectivity index (χ2n) is 6.05. The molecule has 2 heterocycles. The first-order chi connectivity index (χ1) is 13.6. The number of aromatic nitrogens is 3. The van der Waals surface area contributed by atoms with Crippen molar-refractivity contribution in [1.82, 2.24) is 20.1 Å². The molecule has 29 heavy (non-hydrogen) atoms. The highest BCUT2D eigenvalue weighted by atomic mass is 32.2. The lowest BCUT2D eigenvalue weighted by atomic mass is 10.1. The van der Waals surface area contributed by atoms with Gasteiger partial charge in [-0.3, -0.25) is 9.59 Å². The third-order valence-corrected chi connectivity index (χ3v) is 4.71. The minimum Gasteiger partial charge on any atom is -0.469 e. The summed E-state index contributed by atoms with van der Waals surface area (Å²) in [6.07, 6.45) is -2.64. The zero-order valence-electron chi connectivity index (χ0n) is 15.7. The van der Waals surface area contributed by atoms with E-state index in [1.165, 1.54) is 18.7 Å². The van der Waals surface area contributed by atoms with Gasteiger partial charge in [-0.1, -0.05) is 16.9 Å². The van der Waals surface area contributed by atoms with Crippen molar-refractivity contribution in [1.29, 1.82) is 0 Å². The van der Waals surface area contributed by atoms with Gasteiger partial charge in [-0.2, -0.15) is 13.2 Å². The van der Waals surface area contributed by atoms with E-state index in [4.69, 9.17) is 0 Å². The molecule has 0 saturated carbocycles. The number of hydrogen-bond acceptors (Lipinski definition) is 9. The normalized spacial score (nSPS) is 15.0. The predicted molar refractivity (Wildman–Crippen MR) is 93.3 cm³/mol. The summed E-state index contributed by atoms with van der Waals surface area (Å²) in [5, 5.41) is 9.14. The Morgan fingerprint density at radius 2 is 2.03 bits per heavy atom. The van der Waals surface area contributed by atoms with E-state index in [-0.39, 0.29) is 37.6 Å². The lowest BCUT2D eigenvalue weighted by Gasteiger charge is -2.25. The minimum absolute atomic E-state index is 0.0268. The van der Waals surface area contributed by atoms with Gasteiger partial charge in [-0.05, 0) is 18.2 Å². The fourth-order valence-corrected chi connectivity index (χ4v) is 3.25. The first kappa shape index (κ1) is 22.9. The van der Waals surface area contributed by atoms with E-state index in [9.17, 15) is 27.6 Å². The second-order valence-corrected chi connectivity index (χ2v) is 7.22. The lowest BCUT2D eigenvalue weighted by molar-refractivity contribution is -0.237. The molecular formula is C16H19F3N4O5S. The first-order valence-electron chi connectivity index (χ1n) is 8.49. The fourth-order valence-electron chi connectivity index (χ4n) is 2.52. The van der Waals surface area contributed by atoms with Crippen LogP contribution in [0.15, 0.2) is 16.7 Å². The van der Waals surface area contributed by atoms with Crippen molar-refractivity contribution >= 4 is 28.8 Å². The maximum absolute atomic E-state index is 12.4. The highest BCUT2D eigenvalue weighted by molar-refractivity contribution is 8.13. The number of carbonyl (C=O) groups excluding carboxylic acids is 3. The van der Waals surface area contributed by atoms with Crippen LogP contribution in [0.4, 0.5) is 13.2 Å². The summed E-state index contributed by atoms with van der Waals surface area (Å²) in [7, 11) is 1.26. The molecular weight excluding hydrogens is 417 g/mol. The molecule has 0 aliphatic carbocycles. The molecule has 9 nitrogen and oxygen atoms in total.